The summed E-state index contributed by atoms with van der Waals surface area (Å²) < 4.78 is 6.21. The minimum atomic E-state index is 0.107. The fourth-order valence-corrected chi connectivity index (χ4v) is 1.87. The standard InChI is InChI=1S/C12H14BrN3O/c1-7-3-4-10(13)9(5-7)12-15-11(16-17-12)8(2)6-14/h3-5,8H,6,14H2,1-2H3. The van der Waals surface area contributed by atoms with Gasteiger partial charge in [-0.05, 0) is 35.0 Å². The molecular weight excluding hydrogens is 282 g/mol. The molecule has 90 valence electrons. The molecule has 1 aromatic carbocycles. The van der Waals surface area contributed by atoms with Gasteiger partial charge < -0.3 is 10.3 Å². The molecule has 2 rings (SSSR count). The third-order valence-corrected chi connectivity index (χ3v) is 3.28. The SMILES string of the molecule is Cc1ccc(Br)c(-c2nc(C(C)CN)no2)c1. The molecule has 2 N–H and O–H groups in total. The van der Waals surface area contributed by atoms with E-state index in [4.69, 9.17) is 10.3 Å². The van der Waals surface area contributed by atoms with Crippen molar-refractivity contribution in [3.63, 3.8) is 0 Å². The van der Waals surface area contributed by atoms with Crippen molar-refractivity contribution in [3.05, 3.63) is 34.1 Å². The van der Waals surface area contributed by atoms with E-state index in [1.807, 2.05) is 32.0 Å². The van der Waals surface area contributed by atoms with Gasteiger partial charge in [-0.25, -0.2) is 0 Å². The lowest BCUT2D eigenvalue weighted by atomic mass is 10.1. The minimum absolute atomic E-state index is 0.107. The summed E-state index contributed by atoms with van der Waals surface area (Å²) in [5.41, 5.74) is 7.63. The number of nitrogens with two attached hydrogens (primary N) is 1. The summed E-state index contributed by atoms with van der Waals surface area (Å²) in [6, 6.07) is 6.00. The Morgan fingerprint density at radius 2 is 2.24 bits per heavy atom. The molecule has 0 amide bonds. The highest BCUT2D eigenvalue weighted by atomic mass is 79.9. The first kappa shape index (κ1) is 12.3. The molecule has 0 fully saturated rings. The molecule has 0 aliphatic rings. The van der Waals surface area contributed by atoms with Crippen molar-refractivity contribution in [2.75, 3.05) is 6.54 Å². The van der Waals surface area contributed by atoms with Gasteiger partial charge in [0.05, 0.1) is 5.56 Å². The Hall–Kier alpha value is -1.20. The highest BCUT2D eigenvalue weighted by molar-refractivity contribution is 9.10. The Bertz CT molecular complexity index is 524. The third kappa shape index (κ3) is 2.56. The number of nitrogens with zero attached hydrogens (tertiary/aromatic N) is 2. The van der Waals surface area contributed by atoms with Gasteiger partial charge in [-0.1, -0.05) is 23.7 Å². The van der Waals surface area contributed by atoms with Crippen LogP contribution in [0.15, 0.2) is 27.2 Å². The van der Waals surface area contributed by atoms with Crippen molar-refractivity contribution in [2.45, 2.75) is 19.8 Å². The van der Waals surface area contributed by atoms with E-state index in [1.165, 1.54) is 0 Å². The van der Waals surface area contributed by atoms with E-state index in [0.717, 1.165) is 15.6 Å². The van der Waals surface area contributed by atoms with E-state index in [1.54, 1.807) is 0 Å². The first-order valence-corrected chi connectivity index (χ1v) is 6.21. The fraction of sp³-hybridized carbons (Fsp3) is 0.333. The second kappa shape index (κ2) is 4.98. The number of rotatable bonds is 3. The molecule has 1 unspecified atom stereocenters. The van der Waals surface area contributed by atoms with Crippen LogP contribution in [0.5, 0.6) is 0 Å². The maximum absolute atomic E-state index is 5.58. The molecule has 4 nitrogen and oxygen atoms in total. The number of aromatic nitrogens is 2. The minimum Gasteiger partial charge on any atom is -0.334 e. The second-order valence-electron chi connectivity index (χ2n) is 4.08. The number of hydrogen-bond acceptors (Lipinski definition) is 4. The lowest BCUT2D eigenvalue weighted by Crippen LogP contribution is -2.10. The Balaban J connectivity index is 2.40. The molecule has 1 atom stereocenters. The summed E-state index contributed by atoms with van der Waals surface area (Å²) in [4.78, 5) is 4.37. The Kier molecular flexibility index (Phi) is 3.59. The molecule has 0 aliphatic heterocycles. The van der Waals surface area contributed by atoms with Gasteiger partial charge in [0.2, 0.25) is 0 Å². The zero-order valence-corrected chi connectivity index (χ0v) is 11.4. The molecule has 0 radical (unpaired) electrons. The largest absolute Gasteiger partial charge is 0.334 e. The highest BCUT2D eigenvalue weighted by Gasteiger charge is 2.15. The summed E-state index contributed by atoms with van der Waals surface area (Å²) in [6.07, 6.45) is 0. The van der Waals surface area contributed by atoms with Crippen LogP contribution in [0.2, 0.25) is 0 Å². The molecule has 5 heteroatoms. The van der Waals surface area contributed by atoms with Gasteiger partial charge in [-0.3, -0.25) is 0 Å². The summed E-state index contributed by atoms with van der Waals surface area (Å²) in [6.45, 7) is 4.50. The molecule has 0 spiro atoms. The van der Waals surface area contributed by atoms with Crippen molar-refractivity contribution in [1.29, 1.82) is 0 Å². The van der Waals surface area contributed by atoms with Crippen molar-refractivity contribution < 1.29 is 4.52 Å². The normalized spacial score (nSPS) is 12.7. The summed E-state index contributed by atoms with van der Waals surface area (Å²) in [7, 11) is 0. The van der Waals surface area contributed by atoms with Crippen LogP contribution in [0.3, 0.4) is 0 Å². The lowest BCUT2D eigenvalue weighted by Gasteiger charge is -2.01. The summed E-state index contributed by atoms with van der Waals surface area (Å²) >= 11 is 3.48. The van der Waals surface area contributed by atoms with Crippen LogP contribution < -0.4 is 5.73 Å². The molecule has 0 aliphatic carbocycles. The Morgan fingerprint density at radius 3 is 2.94 bits per heavy atom. The van der Waals surface area contributed by atoms with E-state index in [2.05, 4.69) is 26.1 Å². The molecule has 1 aromatic heterocycles. The van der Waals surface area contributed by atoms with Crippen LogP contribution in [-0.4, -0.2) is 16.7 Å². The van der Waals surface area contributed by atoms with E-state index < -0.39 is 0 Å². The molecule has 0 saturated carbocycles. The van der Waals surface area contributed by atoms with Gasteiger partial charge >= 0.3 is 0 Å². The molecule has 17 heavy (non-hydrogen) atoms. The topological polar surface area (TPSA) is 64.9 Å². The van der Waals surface area contributed by atoms with Gasteiger partial charge in [0.25, 0.3) is 5.89 Å². The average molecular weight is 296 g/mol. The van der Waals surface area contributed by atoms with Crippen LogP contribution in [0.1, 0.15) is 24.2 Å². The Morgan fingerprint density at radius 1 is 1.47 bits per heavy atom. The quantitative estimate of drug-likeness (QED) is 0.946. The number of aryl methyl sites for hydroxylation is 1. The summed E-state index contributed by atoms with van der Waals surface area (Å²) in [5.74, 6) is 1.28. The van der Waals surface area contributed by atoms with Crippen LogP contribution in [0.25, 0.3) is 11.5 Å². The van der Waals surface area contributed by atoms with Crippen LogP contribution in [0, 0.1) is 6.92 Å². The van der Waals surface area contributed by atoms with E-state index in [0.29, 0.717) is 18.3 Å². The van der Waals surface area contributed by atoms with Gasteiger partial charge in [0, 0.05) is 16.9 Å². The van der Waals surface area contributed by atoms with Crippen molar-refractivity contribution in [2.24, 2.45) is 5.73 Å². The van der Waals surface area contributed by atoms with Gasteiger partial charge in [-0.15, -0.1) is 0 Å². The highest BCUT2D eigenvalue weighted by Crippen LogP contribution is 2.28. The average Bonchev–Trinajstić information content (AvgIpc) is 2.80. The smallest absolute Gasteiger partial charge is 0.259 e. The fourth-order valence-electron chi connectivity index (χ4n) is 1.45. The second-order valence-corrected chi connectivity index (χ2v) is 4.93. The number of hydrogen-bond donors (Lipinski definition) is 1. The van der Waals surface area contributed by atoms with Crippen LogP contribution in [0.4, 0.5) is 0 Å². The molecule has 0 bridgehead atoms. The molecule has 0 saturated heterocycles. The van der Waals surface area contributed by atoms with E-state index >= 15 is 0 Å². The first-order chi connectivity index (χ1) is 8.11. The van der Waals surface area contributed by atoms with E-state index in [9.17, 15) is 0 Å². The molecule has 2 aromatic rings. The maximum Gasteiger partial charge on any atom is 0.259 e. The predicted octanol–water partition coefficient (Wildman–Crippen LogP) is 2.87. The van der Waals surface area contributed by atoms with Gasteiger partial charge in [0.15, 0.2) is 5.82 Å². The molecule has 1 heterocycles. The monoisotopic (exact) mass is 295 g/mol. The Labute approximate surface area is 108 Å². The van der Waals surface area contributed by atoms with Crippen LogP contribution in [-0.2, 0) is 0 Å². The maximum atomic E-state index is 5.58. The zero-order valence-electron chi connectivity index (χ0n) is 9.77. The van der Waals surface area contributed by atoms with Crippen molar-refractivity contribution in [3.8, 4) is 11.5 Å². The van der Waals surface area contributed by atoms with E-state index in [-0.39, 0.29) is 5.92 Å². The van der Waals surface area contributed by atoms with Crippen molar-refractivity contribution in [1.82, 2.24) is 10.1 Å². The predicted molar refractivity (Wildman–Crippen MR) is 69.6 cm³/mol. The first-order valence-electron chi connectivity index (χ1n) is 5.42. The van der Waals surface area contributed by atoms with Crippen molar-refractivity contribution >= 4 is 15.9 Å². The van der Waals surface area contributed by atoms with Gasteiger partial charge in [0.1, 0.15) is 0 Å². The molecular formula is C12H14BrN3O. The van der Waals surface area contributed by atoms with Gasteiger partial charge in [-0.2, -0.15) is 4.98 Å². The zero-order chi connectivity index (χ0) is 12.4. The summed E-state index contributed by atoms with van der Waals surface area (Å²) in [5, 5.41) is 3.95. The number of benzene rings is 1. The van der Waals surface area contributed by atoms with Crippen LogP contribution >= 0.6 is 15.9 Å². The lowest BCUT2D eigenvalue weighted by molar-refractivity contribution is 0.417. The third-order valence-electron chi connectivity index (χ3n) is 2.59. The number of halogens is 1.